The first-order valence-corrected chi connectivity index (χ1v) is 10.5. The highest BCUT2D eigenvalue weighted by atomic mass is 79.9. The van der Waals surface area contributed by atoms with E-state index in [9.17, 15) is 5.11 Å². The largest absolute Gasteiger partial charge is 0.507 e. The second kappa shape index (κ2) is 8.16. The Labute approximate surface area is 187 Å². The number of nitrogens with one attached hydrogen (secondary N) is 1. The summed E-state index contributed by atoms with van der Waals surface area (Å²) in [7, 11) is 0. The van der Waals surface area contributed by atoms with Crippen LogP contribution in [0.25, 0.3) is 32.9 Å². The molecule has 1 aromatic heterocycles. The quantitative estimate of drug-likeness (QED) is 0.237. The molecule has 4 aromatic carbocycles. The van der Waals surface area contributed by atoms with E-state index >= 15 is 0 Å². The summed E-state index contributed by atoms with van der Waals surface area (Å²) in [5.41, 5.74) is 6.14. The molecule has 5 nitrogen and oxygen atoms in total. The van der Waals surface area contributed by atoms with Crippen molar-refractivity contribution in [2.24, 2.45) is 5.10 Å². The Hall–Kier alpha value is -3.77. The highest BCUT2D eigenvalue weighted by molar-refractivity contribution is 9.10. The molecule has 0 atom stereocenters. The summed E-state index contributed by atoms with van der Waals surface area (Å²) >= 11 is 3.53. The molecule has 0 saturated carbocycles. The summed E-state index contributed by atoms with van der Waals surface area (Å²) in [4.78, 5) is 9.28. The fourth-order valence-electron chi connectivity index (χ4n) is 3.48. The number of phenols is 1. The number of fused-ring (bicyclic) bond motifs is 2. The summed E-state index contributed by atoms with van der Waals surface area (Å²) in [6.07, 6.45) is 1.57. The molecule has 0 aliphatic heterocycles. The Kier molecular flexibility index (Phi) is 5.06. The maximum atomic E-state index is 10.3. The third-order valence-corrected chi connectivity index (χ3v) is 5.46. The Balaban J connectivity index is 1.51. The number of rotatable bonds is 4. The van der Waals surface area contributed by atoms with Gasteiger partial charge in [0.25, 0.3) is 0 Å². The van der Waals surface area contributed by atoms with E-state index in [0.717, 1.165) is 37.4 Å². The first kappa shape index (κ1) is 19.2. The van der Waals surface area contributed by atoms with Gasteiger partial charge in [0.05, 0.1) is 17.4 Å². The predicted molar refractivity (Wildman–Crippen MR) is 130 cm³/mol. The number of anilines is 1. The van der Waals surface area contributed by atoms with Crippen LogP contribution in [0.15, 0.2) is 94.5 Å². The van der Waals surface area contributed by atoms with Gasteiger partial charge in [-0.3, -0.25) is 0 Å². The number of halogens is 1. The SMILES string of the molecule is Oc1cc2ccccc2cc1/C=N\Nc1nc(-c2ccccc2)c2cc(Br)ccc2n1. The lowest BCUT2D eigenvalue weighted by molar-refractivity contribution is 0.475. The molecule has 31 heavy (non-hydrogen) atoms. The average Bonchev–Trinajstić information content (AvgIpc) is 2.79. The van der Waals surface area contributed by atoms with Gasteiger partial charge < -0.3 is 5.11 Å². The van der Waals surface area contributed by atoms with Crippen LogP contribution in [0.3, 0.4) is 0 Å². The maximum Gasteiger partial charge on any atom is 0.244 e. The number of aromatic nitrogens is 2. The van der Waals surface area contributed by atoms with Crippen molar-refractivity contribution in [3.05, 3.63) is 95.0 Å². The van der Waals surface area contributed by atoms with Gasteiger partial charge in [-0.1, -0.05) is 70.5 Å². The molecule has 0 spiro atoms. The van der Waals surface area contributed by atoms with Gasteiger partial charge in [-0.2, -0.15) is 5.10 Å². The van der Waals surface area contributed by atoms with Crippen LogP contribution in [-0.2, 0) is 0 Å². The van der Waals surface area contributed by atoms with Gasteiger partial charge in [0, 0.05) is 21.0 Å². The number of hydrazone groups is 1. The zero-order valence-corrected chi connectivity index (χ0v) is 17.9. The second-order valence-electron chi connectivity index (χ2n) is 7.05. The molecule has 2 N–H and O–H groups in total. The summed E-state index contributed by atoms with van der Waals surface area (Å²) in [5.74, 6) is 0.545. The van der Waals surface area contributed by atoms with Gasteiger partial charge in [-0.25, -0.2) is 15.4 Å². The third-order valence-electron chi connectivity index (χ3n) is 4.97. The molecule has 0 bridgehead atoms. The molecule has 0 fully saturated rings. The first-order chi connectivity index (χ1) is 15.2. The number of hydrogen-bond acceptors (Lipinski definition) is 5. The molecule has 5 aromatic rings. The lowest BCUT2D eigenvalue weighted by atomic mass is 10.1. The zero-order chi connectivity index (χ0) is 21.2. The minimum absolute atomic E-state index is 0.165. The number of phenolic OH excluding ortho intramolecular Hbond substituents is 1. The van der Waals surface area contributed by atoms with Gasteiger partial charge in [-0.15, -0.1) is 0 Å². The van der Waals surface area contributed by atoms with Crippen molar-refractivity contribution in [3.8, 4) is 17.0 Å². The number of hydrogen-bond donors (Lipinski definition) is 2. The molecule has 0 amide bonds. The van der Waals surface area contributed by atoms with Crippen molar-refractivity contribution in [1.29, 1.82) is 0 Å². The van der Waals surface area contributed by atoms with E-state index in [1.54, 1.807) is 12.3 Å². The van der Waals surface area contributed by atoms with Gasteiger partial charge in [0.15, 0.2) is 0 Å². The third kappa shape index (κ3) is 3.98. The van der Waals surface area contributed by atoms with Gasteiger partial charge in [-0.05, 0) is 41.1 Å². The van der Waals surface area contributed by atoms with Crippen molar-refractivity contribution >= 4 is 49.8 Å². The minimum atomic E-state index is 0.165. The molecule has 150 valence electrons. The van der Waals surface area contributed by atoms with Crippen molar-refractivity contribution in [1.82, 2.24) is 9.97 Å². The second-order valence-corrected chi connectivity index (χ2v) is 7.97. The van der Waals surface area contributed by atoms with Crippen LogP contribution in [0.4, 0.5) is 5.95 Å². The van der Waals surface area contributed by atoms with Crippen molar-refractivity contribution < 1.29 is 5.11 Å². The Morgan fingerprint density at radius 1 is 0.839 bits per heavy atom. The number of benzene rings is 4. The molecular weight excluding hydrogens is 452 g/mol. The normalized spacial score (nSPS) is 11.4. The van der Waals surface area contributed by atoms with Crippen molar-refractivity contribution in [2.45, 2.75) is 0 Å². The summed E-state index contributed by atoms with van der Waals surface area (Å²) in [6.45, 7) is 0. The van der Waals surface area contributed by atoms with Crippen LogP contribution in [0.2, 0.25) is 0 Å². The average molecular weight is 469 g/mol. The molecule has 6 heteroatoms. The molecule has 0 aliphatic rings. The van der Waals surface area contributed by atoms with Gasteiger partial charge >= 0.3 is 0 Å². The minimum Gasteiger partial charge on any atom is -0.507 e. The zero-order valence-electron chi connectivity index (χ0n) is 16.3. The van der Waals surface area contributed by atoms with E-state index < -0.39 is 0 Å². The number of nitrogens with zero attached hydrogens (tertiary/aromatic N) is 3. The topological polar surface area (TPSA) is 70.4 Å². The highest BCUT2D eigenvalue weighted by Crippen LogP contribution is 2.29. The summed E-state index contributed by atoms with van der Waals surface area (Å²) in [5, 5.41) is 17.5. The molecule has 0 radical (unpaired) electrons. The fraction of sp³-hybridized carbons (Fsp3) is 0. The van der Waals surface area contributed by atoms with E-state index in [2.05, 4.69) is 31.4 Å². The Morgan fingerprint density at radius 3 is 2.39 bits per heavy atom. The van der Waals surface area contributed by atoms with Crippen molar-refractivity contribution in [2.75, 3.05) is 5.43 Å². The van der Waals surface area contributed by atoms with E-state index in [1.165, 1.54) is 0 Å². The van der Waals surface area contributed by atoms with E-state index in [0.29, 0.717) is 11.5 Å². The smallest absolute Gasteiger partial charge is 0.244 e. The van der Waals surface area contributed by atoms with Crippen LogP contribution >= 0.6 is 15.9 Å². The van der Waals surface area contributed by atoms with Crippen LogP contribution in [0, 0.1) is 0 Å². The van der Waals surface area contributed by atoms with Gasteiger partial charge in [0.2, 0.25) is 5.95 Å². The Morgan fingerprint density at radius 2 is 1.58 bits per heavy atom. The molecule has 5 rings (SSSR count). The monoisotopic (exact) mass is 468 g/mol. The molecule has 0 saturated heterocycles. The van der Waals surface area contributed by atoms with Crippen LogP contribution in [-0.4, -0.2) is 21.3 Å². The predicted octanol–water partition coefficient (Wildman–Crippen LogP) is 6.36. The van der Waals surface area contributed by atoms with Crippen LogP contribution < -0.4 is 5.43 Å². The summed E-state index contributed by atoms with van der Waals surface area (Å²) in [6, 6.07) is 27.4. The van der Waals surface area contributed by atoms with Crippen LogP contribution in [0.1, 0.15) is 5.56 Å². The Bertz CT molecular complexity index is 1430. The van der Waals surface area contributed by atoms with E-state index in [1.807, 2.05) is 78.9 Å². The molecule has 1 heterocycles. The molecule has 0 unspecified atom stereocenters. The van der Waals surface area contributed by atoms with Crippen molar-refractivity contribution in [3.63, 3.8) is 0 Å². The van der Waals surface area contributed by atoms with Crippen LogP contribution in [0.5, 0.6) is 5.75 Å². The molecule has 0 aliphatic carbocycles. The lowest BCUT2D eigenvalue weighted by Crippen LogP contribution is -2.00. The van der Waals surface area contributed by atoms with E-state index in [4.69, 9.17) is 4.98 Å². The lowest BCUT2D eigenvalue weighted by Gasteiger charge is -2.09. The molecular formula is C25H17BrN4O. The maximum absolute atomic E-state index is 10.3. The fourth-order valence-corrected chi connectivity index (χ4v) is 3.84. The first-order valence-electron chi connectivity index (χ1n) is 9.71. The number of aromatic hydroxyl groups is 1. The van der Waals surface area contributed by atoms with Gasteiger partial charge in [0.1, 0.15) is 5.75 Å². The standard InChI is InChI=1S/C25H17BrN4O/c26-20-10-11-22-21(14-20)24(16-6-2-1-3-7-16)29-25(28-22)30-27-15-19-12-17-8-4-5-9-18(17)13-23(19)31/h1-15,31H,(H,28,29,30)/b27-15-. The highest BCUT2D eigenvalue weighted by Gasteiger charge is 2.10. The summed E-state index contributed by atoms with van der Waals surface area (Å²) < 4.78 is 0.964. The van der Waals surface area contributed by atoms with E-state index in [-0.39, 0.29) is 5.75 Å².